The number of carbonyl (C=O) groups is 1. The van der Waals surface area contributed by atoms with Gasteiger partial charge in [0.25, 0.3) is 5.91 Å². The first kappa shape index (κ1) is 24.6. The minimum atomic E-state index is -4.62. The van der Waals surface area contributed by atoms with Crippen LogP contribution in [-0.4, -0.2) is 31.6 Å². The van der Waals surface area contributed by atoms with Crippen LogP contribution in [-0.2, 0) is 12.5 Å². The summed E-state index contributed by atoms with van der Waals surface area (Å²) in [5.41, 5.74) is -0.877. The molecule has 0 fully saturated rings. The first-order chi connectivity index (χ1) is 16.4. The topological polar surface area (TPSA) is 84.7 Å². The van der Waals surface area contributed by atoms with E-state index in [1.807, 2.05) is 7.05 Å². The standard InChI is InChI=1S/C23H22F4N6OS/c1-12(31-20(34)16-8-18-17(9-28-16)30-11-33(18)4)19-10-29-21(35-19)32-13-5-6-15(24)14(7-13)22(2,3)23(25,26)27/h5-12H,1-4H3,(H,29,32)(H,31,34). The van der Waals surface area contributed by atoms with Gasteiger partial charge in [0.15, 0.2) is 5.13 Å². The zero-order chi connectivity index (χ0) is 25.5. The molecular weight excluding hydrogens is 484 g/mol. The van der Waals surface area contributed by atoms with Gasteiger partial charge in [-0.05, 0) is 45.0 Å². The molecule has 1 atom stereocenters. The Bertz CT molecular complexity index is 1390. The number of nitrogens with one attached hydrogen (secondary N) is 2. The van der Waals surface area contributed by atoms with Crippen molar-refractivity contribution in [3.8, 4) is 0 Å². The molecule has 35 heavy (non-hydrogen) atoms. The summed E-state index contributed by atoms with van der Waals surface area (Å²) >= 11 is 1.22. The van der Waals surface area contributed by atoms with Crippen LogP contribution < -0.4 is 10.6 Å². The van der Waals surface area contributed by atoms with Crippen LogP contribution in [0.4, 0.5) is 28.4 Å². The third kappa shape index (κ3) is 4.83. The van der Waals surface area contributed by atoms with Crippen molar-refractivity contribution in [1.82, 2.24) is 24.8 Å². The number of benzene rings is 1. The second-order valence-corrected chi connectivity index (χ2v) is 9.68. The average Bonchev–Trinajstić information content (AvgIpc) is 3.40. The molecule has 0 saturated carbocycles. The van der Waals surface area contributed by atoms with Gasteiger partial charge < -0.3 is 15.2 Å². The largest absolute Gasteiger partial charge is 0.398 e. The lowest BCUT2D eigenvalue weighted by atomic mass is 9.83. The molecule has 0 aliphatic carbocycles. The van der Waals surface area contributed by atoms with Crippen LogP contribution in [0.5, 0.6) is 0 Å². The van der Waals surface area contributed by atoms with Gasteiger partial charge in [-0.15, -0.1) is 0 Å². The number of pyridine rings is 1. The number of aromatic nitrogens is 4. The first-order valence-corrected chi connectivity index (χ1v) is 11.4. The molecular formula is C23H22F4N6OS. The van der Waals surface area contributed by atoms with E-state index >= 15 is 0 Å². The van der Waals surface area contributed by atoms with Gasteiger partial charge in [-0.2, -0.15) is 13.2 Å². The van der Waals surface area contributed by atoms with Crippen LogP contribution in [0.1, 0.15) is 47.7 Å². The second kappa shape index (κ2) is 8.91. The summed E-state index contributed by atoms with van der Waals surface area (Å²) in [6.45, 7) is 3.64. The van der Waals surface area contributed by atoms with Crippen molar-refractivity contribution < 1.29 is 22.4 Å². The molecule has 3 aromatic heterocycles. The van der Waals surface area contributed by atoms with Gasteiger partial charge in [-0.3, -0.25) is 4.79 Å². The Morgan fingerprint density at radius 1 is 1.11 bits per heavy atom. The highest BCUT2D eigenvalue weighted by Crippen LogP contribution is 2.42. The molecule has 0 saturated heterocycles. The summed E-state index contributed by atoms with van der Waals surface area (Å²) in [5, 5.41) is 6.16. The maximum Gasteiger partial charge on any atom is 0.398 e. The van der Waals surface area contributed by atoms with Crippen LogP contribution in [0.25, 0.3) is 11.0 Å². The Hall–Kier alpha value is -3.54. The van der Waals surface area contributed by atoms with E-state index in [0.29, 0.717) is 15.5 Å². The number of hydrogen-bond acceptors (Lipinski definition) is 6. The monoisotopic (exact) mass is 506 g/mol. The van der Waals surface area contributed by atoms with Crippen molar-refractivity contribution in [3.63, 3.8) is 0 Å². The summed E-state index contributed by atoms with van der Waals surface area (Å²) in [6.07, 6.45) is 0.0989. The van der Waals surface area contributed by atoms with E-state index < -0.39 is 29.0 Å². The molecule has 1 aromatic carbocycles. The van der Waals surface area contributed by atoms with Gasteiger partial charge in [0.2, 0.25) is 0 Å². The molecule has 1 unspecified atom stereocenters. The molecule has 1 amide bonds. The number of hydrogen-bond donors (Lipinski definition) is 2. The smallest absolute Gasteiger partial charge is 0.343 e. The third-order valence-corrected chi connectivity index (χ3v) is 6.84. The Labute approximate surface area is 202 Å². The number of rotatable bonds is 6. The van der Waals surface area contributed by atoms with Gasteiger partial charge in [0.05, 0.1) is 29.5 Å². The molecule has 2 N–H and O–H groups in total. The average molecular weight is 507 g/mol. The summed E-state index contributed by atoms with van der Waals surface area (Å²) in [7, 11) is 1.82. The van der Waals surface area contributed by atoms with Gasteiger partial charge in [0, 0.05) is 29.4 Å². The van der Waals surface area contributed by atoms with Gasteiger partial charge >= 0.3 is 6.18 Å². The van der Waals surface area contributed by atoms with Crippen molar-refractivity contribution in [2.45, 2.75) is 38.4 Å². The quantitative estimate of drug-likeness (QED) is 0.331. The zero-order valence-electron chi connectivity index (χ0n) is 19.2. The molecule has 3 heterocycles. The Balaban J connectivity index is 1.47. The number of carbonyl (C=O) groups excluding carboxylic acids is 1. The molecule has 0 aliphatic rings. The van der Waals surface area contributed by atoms with E-state index in [9.17, 15) is 22.4 Å². The fraction of sp³-hybridized carbons (Fsp3) is 0.304. The number of fused-ring (bicyclic) bond motifs is 1. The number of anilines is 2. The van der Waals surface area contributed by atoms with Crippen LogP contribution in [0, 0.1) is 5.82 Å². The van der Waals surface area contributed by atoms with Crippen LogP contribution in [0.3, 0.4) is 0 Å². The number of imidazole rings is 1. The van der Waals surface area contributed by atoms with E-state index in [1.165, 1.54) is 23.6 Å². The third-order valence-electron chi connectivity index (χ3n) is 5.74. The molecule has 4 rings (SSSR count). The highest BCUT2D eigenvalue weighted by atomic mass is 32.1. The van der Waals surface area contributed by atoms with Crippen molar-refractivity contribution in [3.05, 3.63) is 64.9 Å². The molecule has 4 aromatic rings. The summed E-state index contributed by atoms with van der Waals surface area (Å²) in [4.78, 5) is 26.0. The predicted octanol–water partition coefficient (Wildman–Crippen LogP) is 5.64. The minimum Gasteiger partial charge on any atom is -0.343 e. The SMILES string of the molecule is CC(NC(=O)c1cc2c(cn1)ncn2C)c1cnc(Nc2ccc(F)c(C(C)(C)C(F)(F)F)c2)s1. The number of nitrogens with zero attached hydrogens (tertiary/aromatic N) is 4. The highest BCUT2D eigenvalue weighted by molar-refractivity contribution is 7.15. The lowest BCUT2D eigenvalue weighted by molar-refractivity contribution is -0.180. The molecule has 0 radical (unpaired) electrons. The van der Waals surface area contributed by atoms with Crippen LogP contribution >= 0.6 is 11.3 Å². The number of thiazole rings is 1. The molecule has 184 valence electrons. The van der Waals surface area contributed by atoms with Crippen LogP contribution in [0.2, 0.25) is 0 Å². The number of alkyl halides is 3. The Kier molecular flexibility index (Phi) is 6.26. The Morgan fingerprint density at radius 2 is 1.86 bits per heavy atom. The number of halogens is 4. The first-order valence-electron chi connectivity index (χ1n) is 10.5. The molecule has 12 heteroatoms. The van der Waals surface area contributed by atoms with Crippen molar-refractivity contribution in [1.29, 1.82) is 0 Å². The van der Waals surface area contributed by atoms with E-state index in [0.717, 1.165) is 31.5 Å². The predicted molar refractivity (Wildman–Crippen MR) is 125 cm³/mol. The highest BCUT2D eigenvalue weighted by Gasteiger charge is 2.49. The van der Waals surface area contributed by atoms with E-state index in [2.05, 4.69) is 25.6 Å². The van der Waals surface area contributed by atoms with Crippen molar-refractivity contribution >= 4 is 39.1 Å². The van der Waals surface area contributed by atoms with Crippen molar-refractivity contribution in [2.24, 2.45) is 7.05 Å². The molecule has 0 aliphatic heterocycles. The fourth-order valence-corrected chi connectivity index (χ4v) is 4.24. The van der Waals surface area contributed by atoms with E-state index in [1.54, 1.807) is 30.1 Å². The lowest BCUT2D eigenvalue weighted by Gasteiger charge is -2.29. The van der Waals surface area contributed by atoms with Gasteiger partial charge in [-0.1, -0.05) is 11.3 Å². The zero-order valence-corrected chi connectivity index (χ0v) is 20.1. The Morgan fingerprint density at radius 3 is 2.57 bits per heavy atom. The number of aryl methyl sites for hydroxylation is 1. The van der Waals surface area contributed by atoms with Gasteiger partial charge in [0.1, 0.15) is 17.0 Å². The van der Waals surface area contributed by atoms with Gasteiger partial charge in [-0.25, -0.2) is 19.3 Å². The molecule has 0 bridgehead atoms. The number of amides is 1. The maximum absolute atomic E-state index is 14.2. The van der Waals surface area contributed by atoms with Crippen molar-refractivity contribution in [2.75, 3.05) is 5.32 Å². The summed E-state index contributed by atoms with van der Waals surface area (Å²) in [5.74, 6) is -1.31. The fourth-order valence-electron chi connectivity index (χ4n) is 3.40. The summed E-state index contributed by atoms with van der Waals surface area (Å²) in [6, 6.07) is 4.72. The van der Waals surface area contributed by atoms with Crippen LogP contribution in [0.15, 0.2) is 43.0 Å². The molecule has 0 spiro atoms. The minimum absolute atomic E-state index is 0.238. The van der Waals surface area contributed by atoms with E-state index in [-0.39, 0.29) is 17.3 Å². The van der Waals surface area contributed by atoms with E-state index in [4.69, 9.17) is 0 Å². The normalized spacial score (nSPS) is 13.1. The molecule has 7 nitrogen and oxygen atoms in total. The maximum atomic E-state index is 14.2. The summed E-state index contributed by atoms with van der Waals surface area (Å²) < 4.78 is 56.2. The second-order valence-electron chi connectivity index (χ2n) is 8.62. The lowest BCUT2D eigenvalue weighted by Crippen LogP contribution is -2.37.